The number of ether oxygens (including phenoxy) is 3. The van der Waals surface area contributed by atoms with Gasteiger partial charge in [-0.15, -0.1) is 0 Å². The highest BCUT2D eigenvalue weighted by Crippen LogP contribution is 2.39. The second kappa shape index (κ2) is 16.5. The maximum Gasteiger partial charge on any atom is 0.425 e. The van der Waals surface area contributed by atoms with Crippen molar-refractivity contribution in [3.63, 3.8) is 0 Å². The summed E-state index contributed by atoms with van der Waals surface area (Å²) in [4.78, 5) is 70.0. The van der Waals surface area contributed by atoms with Crippen LogP contribution in [0.1, 0.15) is 82.4 Å². The van der Waals surface area contributed by atoms with Crippen LogP contribution in [0.4, 0.5) is 9.59 Å². The Bertz CT molecular complexity index is 2020. The largest absolute Gasteiger partial charge is 0.453 e. The third-order valence-electron chi connectivity index (χ3n) is 11.3. The zero-order chi connectivity index (χ0) is 38.6. The molecule has 2 aromatic carbocycles. The molecule has 0 radical (unpaired) electrons. The Balaban J connectivity index is 1.06. The zero-order valence-electron chi connectivity index (χ0n) is 31.8. The van der Waals surface area contributed by atoms with Gasteiger partial charge in [-0.2, -0.15) is 0 Å². The van der Waals surface area contributed by atoms with E-state index in [1.54, 1.807) is 0 Å². The molecule has 0 spiro atoms. The van der Waals surface area contributed by atoms with Gasteiger partial charge in [0, 0.05) is 48.1 Å². The van der Waals surface area contributed by atoms with Crippen LogP contribution >= 0.6 is 0 Å². The van der Waals surface area contributed by atoms with E-state index in [1.807, 2.05) is 31.1 Å². The number of imidazole rings is 2. The first-order chi connectivity index (χ1) is 26.6. The molecule has 55 heavy (non-hydrogen) atoms. The third-order valence-corrected chi connectivity index (χ3v) is 11.3. The number of rotatable bonds is 9. The fourth-order valence-corrected chi connectivity index (χ4v) is 8.30. The number of hydrogen-bond acceptors (Lipinski definition) is 9. The van der Waals surface area contributed by atoms with Gasteiger partial charge in [-0.05, 0) is 68.9 Å². The summed E-state index contributed by atoms with van der Waals surface area (Å²) in [5, 5.41) is 6.24. The topological polar surface area (TPSA) is 184 Å². The van der Waals surface area contributed by atoms with Gasteiger partial charge in [0.25, 0.3) is 0 Å². The average Bonchev–Trinajstić information content (AvgIpc) is 4.05. The van der Waals surface area contributed by atoms with Gasteiger partial charge >= 0.3 is 12.2 Å². The minimum absolute atomic E-state index is 0.104. The van der Waals surface area contributed by atoms with Gasteiger partial charge in [-0.1, -0.05) is 37.1 Å². The van der Waals surface area contributed by atoms with Gasteiger partial charge in [0.15, 0.2) is 0 Å². The number of carbonyl (C=O) groups is 4. The molecule has 0 bridgehead atoms. The lowest BCUT2D eigenvalue weighted by Crippen LogP contribution is -2.53. The van der Waals surface area contributed by atoms with Crippen molar-refractivity contribution in [2.75, 3.05) is 34.0 Å². The first kappa shape index (κ1) is 37.9. The van der Waals surface area contributed by atoms with Crippen LogP contribution in [0.2, 0.25) is 0 Å². The van der Waals surface area contributed by atoms with Crippen molar-refractivity contribution in [1.29, 1.82) is 0 Å². The molecule has 2 aliphatic heterocycles. The monoisotopic (exact) mass is 754 g/mol. The minimum atomic E-state index is -0.727. The number of fused-ring (bicyclic) bond motifs is 1. The molecule has 1 aliphatic carbocycles. The fourth-order valence-electron chi connectivity index (χ4n) is 8.30. The molecule has 3 fully saturated rings. The molecular formula is C40H50N8O7. The number of H-pyrrole nitrogens is 2. The van der Waals surface area contributed by atoms with Crippen molar-refractivity contribution < 1.29 is 33.4 Å². The smallest absolute Gasteiger partial charge is 0.425 e. The number of nitrogens with one attached hydrogen (secondary N) is 4. The lowest BCUT2D eigenvalue weighted by molar-refractivity contribution is -0.142. The van der Waals surface area contributed by atoms with Gasteiger partial charge in [-0.3, -0.25) is 9.59 Å². The molecule has 4 aromatic rings. The van der Waals surface area contributed by atoms with E-state index in [0.717, 1.165) is 71.2 Å². The number of amides is 4. The molecule has 15 heteroatoms. The van der Waals surface area contributed by atoms with Gasteiger partial charge in [-0.25, -0.2) is 30.0 Å². The van der Waals surface area contributed by atoms with E-state index < -0.39 is 18.2 Å². The molecule has 7 rings (SSSR count). The van der Waals surface area contributed by atoms with Crippen molar-refractivity contribution in [2.24, 2.45) is 11.8 Å². The second-order valence-corrected chi connectivity index (χ2v) is 15.0. The highest BCUT2D eigenvalue weighted by atomic mass is 16.5. The van der Waals surface area contributed by atoms with E-state index in [0.29, 0.717) is 38.4 Å². The molecule has 4 heterocycles. The van der Waals surface area contributed by atoms with Crippen molar-refractivity contribution in [2.45, 2.75) is 82.8 Å². The number of aromatic nitrogens is 4. The first-order valence-corrected chi connectivity index (χ1v) is 19.2. The number of hydrazine groups is 1. The Morgan fingerprint density at radius 3 is 2.15 bits per heavy atom. The number of alkyl carbamates (subject to hydrolysis) is 1. The van der Waals surface area contributed by atoms with E-state index in [9.17, 15) is 19.2 Å². The Hall–Kier alpha value is -5.44. The molecule has 4 amide bonds. The van der Waals surface area contributed by atoms with Gasteiger partial charge < -0.3 is 34.4 Å². The third kappa shape index (κ3) is 8.02. The van der Waals surface area contributed by atoms with Crippen molar-refractivity contribution in [3.05, 3.63) is 60.4 Å². The molecule has 15 nitrogen and oxygen atoms in total. The quantitative estimate of drug-likeness (QED) is 0.153. The number of nitrogens with zero attached hydrogens (tertiary/aromatic N) is 4. The SMILES string of the molecule is COC(=O)NC(C(=O)N1CCCC1c1ncc(-c2ccc3cc(-c4cnc(C5CCCCC5C(=O)N(NC(=O)OC)C(C)C)[nH]4)ccc3c2)[nH]1)C1CCOC1. The molecule has 5 unspecified atom stereocenters. The van der Waals surface area contributed by atoms with Crippen molar-refractivity contribution >= 4 is 34.8 Å². The lowest BCUT2D eigenvalue weighted by Gasteiger charge is -2.35. The Kier molecular flexibility index (Phi) is 11.4. The summed E-state index contributed by atoms with van der Waals surface area (Å²) in [7, 11) is 2.57. The summed E-state index contributed by atoms with van der Waals surface area (Å²) in [5.41, 5.74) is 6.25. The van der Waals surface area contributed by atoms with Gasteiger partial charge in [0.1, 0.15) is 17.7 Å². The molecule has 2 saturated heterocycles. The highest BCUT2D eigenvalue weighted by Gasteiger charge is 2.41. The van der Waals surface area contributed by atoms with E-state index in [-0.39, 0.29) is 41.7 Å². The van der Waals surface area contributed by atoms with Crippen molar-refractivity contribution in [3.8, 4) is 22.5 Å². The summed E-state index contributed by atoms with van der Waals surface area (Å²) in [6, 6.07) is 11.3. The predicted molar refractivity (Wildman–Crippen MR) is 203 cm³/mol. The average molecular weight is 755 g/mol. The minimum Gasteiger partial charge on any atom is -0.453 e. The van der Waals surface area contributed by atoms with Crippen LogP contribution in [0.3, 0.4) is 0 Å². The zero-order valence-corrected chi connectivity index (χ0v) is 31.8. The molecule has 1 saturated carbocycles. The lowest BCUT2D eigenvalue weighted by atomic mass is 9.78. The number of carbonyl (C=O) groups excluding carboxylic acids is 4. The van der Waals surface area contributed by atoms with Crippen LogP contribution in [-0.4, -0.2) is 99.9 Å². The standard InChI is InChI=1S/C40H50N8O7/c1-23(2)48(46-40(52)54-4)37(49)30-9-6-5-8-29(30)35-41-20-31(43-35)26-13-11-25-19-27(14-12-24(25)18-26)32-21-42-36(44-32)33-10-7-16-47(33)38(50)34(45-39(51)53-3)28-15-17-55-22-28/h11-14,18-21,23,28-30,33-34H,5-10,15-17,22H2,1-4H3,(H,41,43)(H,42,44)(H,45,51)(H,46,52). The summed E-state index contributed by atoms with van der Waals surface area (Å²) in [6.45, 7) is 5.26. The van der Waals surface area contributed by atoms with Gasteiger partial charge in [0.05, 0.1) is 50.6 Å². The second-order valence-electron chi connectivity index (χ2n) is 15.0. The van der Waals surface area contributed by atoms with E-state index in [4.69, 9.17) is 24.2 Å². The van der Waals surface area contributed by atoms with Crippen LogP contribution in [0.25, 0.3) is 33.3 Å². The summed E-state index contributed by atoms with van der Waals surface area (Å²) >= 11 is 0. The number of hydrogen-bond donors (Lipinski definition) is 4. The molecular weight excluding hydrogens is 704 g/mol. The summed E-state index contributed by atoms with van der Waals surface area (Å²) in [6.07, 6.45) is 8.08. The Morgan fingerprint density at radius 1 is 0.855 bits per heavy atom. The first-order valence-electron chi connectivity index (χ1n) is 19.2. The molecule has 3 aliphatic rings. The molecule has 5 atom stereocenters. The van der Waals surface area contributed by atoms with Crippen LogP contribution in [0, 0.1) is 11.8 Å². The number of benzene rings is 2. The Morgan fingerprint density at radius 2 is 1.51 bits per heavy atom. The summed E-state index contributed by atoms with van der Waals surface area (Å²) < 4.78 is 15.1. The maximum absolute atomic E-state index is 13.9. The molecule has 4 N–H and O–H groups in total. The Labute approximate surface area is 319 Å². The van der Waals surface area contributed by atoms with Crippen LogP contribution in [-0.2, 0) is 23.8 Å². The number of likely N-dealkylation sites (tertiary alicyclic amines) is 1. The maximum atomic E-state index is 13.9. The van der Waals surface area contributed by atoms with Crippen LogP contribution in [0.15, 0.2) is 48.8 Å². The summed E-state index contributed by atoms with van der Waals surface area (Å²) in [5.74, 6) is 0.648. The van der Waals surface area contributed by atoms with E-state index in [2.05, 4.69) is 57.1 Å². The number of aromatic amines is 2. The highest BCUT2D eigenvalue weighted by molar-refractivity contribution is 5.90. The number of methoxy groups -OCH3 is 2. The predicted octanol–water partition coefficient (Wildman–Crippen LogP) is 5.83. The van der Waals surface area contributed by atoms with E-state index >= 15 is 0 Å². The van der Waals surface area contributed by atoms with Crippen molar-refractivity contribution in [1.82, 2.24) is 40.6 Å². The molecule has 292 valence electrons. The van der Waals surface area contributed by atoms with E-state index in [1.165, 1.54) is 19.2 Å². The molecule has 2 aromatic heterocycles. The normalized spacial score (nSPS) is 21.7. The van der Waals surface area contributed by atoms with Crippen LogP contribution < -0.4 is 10.7 Å². The fraction of sp³-hybridized carbons (Fsp3) is 0.500. The van der Waals surface area contributed by atoms with Gasteiger partial charge in [0.2, 0.25) is 11.8 Å². The van der Waals surface area contributed by atoms with Crippen LogP contribution in [0.5, 0.6) is 0 Å².